The number of ether oxygens (including phenoxy) is 4. The maximum Gasteiger partial charge on any atom is 0.258 e. The number of nitrogens with one attached hydrogen (secondary N) is 1. The van der Waals surface area contributed by atoms with Gasteiger partial charge >= 0.3 is 0 Å². The van der Waals surface area contributed by atoms with Crippen LogP contribution in [0.4, 0.5) is 0 Å². The highest BCUT2D eigenvalue weighted by atomic mass is 16.5. The van der Waals surface area contributed by atoms with Gasteiger partial charge in [0, 0.05) is 17.7 Å². The molecule has 1 atom stereocenters. The van der Waals surface area contributed by atoms with Gasteiger partial charge in [-0.3, -0.25) is 9.69 Å². The van der Waals surface area contributed by atoms with Crippen LogP contribution in [0.2, 0.25) is 0 Å². The number of methoxy groups -OCH3 is 4. The lowest BCUT2D eigenvalue weighted by molar-refractivity contribution is 0.236. The Labute approximate surface area is 180 Å². The summed E-state index contributed by atoms with van der Waals surface area (Å²) < 4.78 is 21.7. The molecular weight excluding hydrogens is 398 g/mol. The first-order chi connectivity index (χ1) is 15.1. The smallest absolute Gasteiger partial charge is 0.258 e. The minimum Gasteiger partial charge on any atom is -0.497 e. The predicted octanol–water partition coefficient (Wildman–Crippen LogP) is 3.29. The van der Waals surface area contributed by atoms with Gasteiger partial charge < -0.3 is 23.9 Å². The molecule has 3 aromatic rings. The van der Waals surface area contributed by atoms with E-state index in [0.717, 1.165) is 36.4 Å². The number of benzene rings is 2. The minimum atomic E-state index is -0.198. The topological polar surface area (TPSA) is 85.9 Å². The molecule has 1 saturated heterocycles. The maximum atomic E-state index is 12.7. The lowest BCUT2D eigenvalue weighted by Gasteiger charge is -2.26. The van der Waals surface area contributed by atoms with Crippen molar-refractivity contribution >= 4 is 10.9 Å². The first kappa shape index (κ1) is 21.0. The number of rotatable bonds is 7. The van der Waals surface area contributed by atoms with Crippen molar-refractivity contribution in [3.05, 3.63) is 52.1 Å². The molecule has 0 unspecified atom stereocenters. The van der Waals surface area contributed by atoms with Gasteiger partial charge in [-0.15, -0.1) is 0 Å². The molecule has 1 aliphatic heterocycles. The highest BCUT2D eigenvalue weighted by Gasteiger charge is 2.29. The van der Waals surface area contributed by atoms with E-state index in [9.17, 15) is 4.79 Å². The predicted molar refractivity (Wildman–Crippen MR) is 117 cm³/mol. The number of hydrogen-bond donors (Lipinski definition) is 1. The zero-order valence-electron chi connectivity index (χ0n) is 18.2. The first-order valence-corrected chi connectivity index (χ1v) is 10.2. The Balaban J connectivity index is 1.68. The van der Waals surface area contributed by atoms with E-state index in [4.69, 9.17) is 23.9 Å². The molecule has 4 rings (SSSR count). The molecule has 0 bridgehead atoms. The van der Waals surface area contributed by atoms with E-state index >= 15 is 0 Å². The second-order valence-corrected chi connectivity index (χ2v) is 7.47. The van der Waals surface area contributed by atoms with Gasteiger partial charge in [0.15, 0.2) is 11.5 Å². The number of hydrogen-bond acceptors (Lipinski definition) is 7. The van der Waals surface area contributed by atoms with Crippen molar-refractivity contribution in [3.63, 3.8) is 0 Å². The Hall–Kier alpha value is -3.26. The fraction of sp³-hybridized carbons (Fsp3) is 0.391. The van der Waals surface area contributed by atoms with E-state index < -0.39 is 0 Å². The van der Waals surface area contributed by atoms with Gasteiger partial charge in [-0.2, -0.15) is 0 Å². The van der Waals surface area contributed by atoms with E-state index in [-0.39, 0.29) is 11.6 Å². The van der Waals surface area contributed by atoms with Crippen molar-refractivity contribution in [2.24, 2.45) is 0 Å². The zero-order chi connectivity index (χ0) is 22.0. The van der Waals surface area contributed by atoms with E-state index in [1.807, 2.05) is 18.2 Å². The van der Waals surface area contributed by atoms with Gasteiger partial charge in [-0.05, 0) is 43.7 Å². The fourth-order valence-electron chi connectivity index (χ4n) is 4.25. The summed E-state index contributed by atoms with van der Waals surface area (Å²) in [6.45, 7) is 1.42. The van der Waals surface area contributed by atoms with Crippen molar-refractivity contribution in [3.8, 4) is 23.0 Å². The molecule has 8 nitrogen and oxygen atoms in total. The molecule has 0 aliphatic carbocycles. The minimum absolute atomic E-state index is 0.149. The van der Waals surface area contributed by atoms with Crippen molar-refractivity contribution in [1.82, 2.24) is 14.9 Å². The Bertz CT molecular complexity index is 1140. The quantitative estimate of drug-likeness (QED) is 0.622. The van der Waals surface area contributed by atoms with Crippen LogP contribution in [0.15, 0.2) is 35.1 Å². The number of H-pyrrole nitrogens is 1. The van der Waals surface area contributed by atoms with Crippen molar-refractivity contribution in [1.29, 1.82) is 0 Å². The fourth-order valence-corrected chi connectivity index (χ4v) is 4.25. The SMILES string of the molecule is COc1ccc(OC)c([C@@H]2CCCN2Cc2nc3cc(OC)c(OC)cc3c(=O)[nH]2)c1. The van der Waals surface area contributed by atoms with Gasteiger partial charge in [0.25, 0.3) is 5.56 Å². The molecule has 0 spiro atoms. The summed E-state index contributed by atoms with van der Waals surface area (Å²) in [4.78, 5) is 22.7. The van der Waals surface area contributed by atoms with Gasteiger partial charge in [0.2, 0.25) is 0 Å². The summed E-state index contributed by atoms with van der Waals surface area (Å²) in [6, 6.07) is 9.39. The third-order valence-electron chi connectivity index (χ3n) is 5.77. The average Bonchev–Trinajstić information content (AvgIpc) is 3.25. The molecule has 0 radical (unpaired) electrons. The third kappa shape index (κ3) is 4.03. The molecule has 0 amide bonds. The van der Waals surface area contributed by atoms with Gasteiger partial charge in [-0.25, -0.2) is 4.98 Å². The normalized spacial score (nSPS) is 16.5. The van der Waals surface area contributed by atoms with Crippen LogP contribution in [0.5, 0.6) is 23.0 Å². The van der Waals surface area contributed by atoms with E-state index in [1.165, 1.54) is 0 Å². The van der Waals surface area contributed by atoms with E-state index in [0.29, 0.717) is 34.8 Å². The number of aromatic amines is 1. The maximum absolute atomic E-state index is 12.7. The lowest BCUT2D eigenvalue weighted by atomic mass is 10.0. The van der Waals surface area contributed by atoms with Crippen LogP contribution in [-0.4, -0.2) is 49.9 Å². The van der Waals surface area contributed by atoms with Gasteiger partial charge in [0.1, 0.15) is 17.3 Å². The second-order valence-electron chi connectivity index (χ2n) is 7.47. The largest absolute Gasteiger partial charge is 0.497 e. The Morgan fingerprint density at radius 1 is 1.00 bits per heavy atom. The molecule has 1 aliphatic rings. The Morgan fingerprint density at radius 2 is 1.74 bits per heavy atom. The highest BCUT2D eigenvalue weighted by Crippen LogP contribution is 2.39. The molecule has 1 fully saturated rings. The molecule has 31 heavy (non-hydrogen) atoms. The van der Waals surface area contributed by atoms with Crippen LogP contribution in [-0.2, 0) is 6.54 Å². The number of nitrogens with zero attached hydrogens (tertiary/aromatic N) is 2. The number of fused-ring (bicyclic) bond motifs is 1. The summed E-state index contributed by atoms with van der Waals surface area (Å²) in [5.74, 6) is 3.27. The van der Waals surface area contributed by atoms with Crippen LogP contribution in [0.1, 0.15) is 30.3 Å². The number of aromatic nitrogens is 2. The lowest BCUT2D eigenvalue weighted by Crippen LogP contribution is -2.26. The zero-order valence-corrected chi connectivity index (χ0v) is 18.2. The average molecular weight is 425 g/mol. The molecule has 1 N–H and O–H groups in total. The van der Waals surface area contributed by atoms with Crippen molar-refractivity contribution < 1.29 is 18.9 Å². The first-order valence-electron chi connectivity index (χ1n) is 10.2. The standard InChI is InChI=1S/C23H27N3O5/c1-28-14-7-8-19(29-2)16(10-14)18-6-5-9-26(18)13-22-24-17-12-21(31-4)20(30-3)11-15(17)23(27)25-22/h7-8,10-12,18H,5-6,9,13H2,1-4H3,(H,24,25,27)/t18-/m0/s1. The molecule has 0 saturated carbocycles. The summed E-state index contributed by atoms with van der Waals surface area (Å²) in [5, 5.41) is 0.467. The van der Waals surface area contributed by atoms with Gasteiger partial charge in [0.05, 0.1) is 45.9 Å². The second kappa shape index (κ2) is 8.85. The van der Waals surface area contributed by atoms with Crippen LogP contribution in [0, 0.1) is 0 Å². The monoisotopic (exact) mass is 425 g/mol. The van der Waals surface area contributed by atoms with Crippen LogP contribution < -0.4 is 24.5 Å². The van der Waals surface area contributed by atoms with Crippen LogP contribution >= 0.6 is 0 Å². The molecule has 8 heteroatoms. The summed E-state index contributed by atoms with van der Waals surface area (Å²) in [6.07, 6.45) is 2.04. The Morgan fingerprint density at radius 3 is 2.45 bits per heavy atom. The molecule has 2 heterocycles. The summed E-state index contributed by atoms with van der Waals surface area (Å²) in [5.41, 5.74) is 1.45. The molecule has 2 aromatic carbocycles. The molecular formula is C23H27N3O5. The highest BCUT2D eigenvalue weighted by molar-refractivity contribution is 5.81. The molecule has 164 valence electrons. The van der Waals surface area contributed by atoms with Crippen molar-refractivity contribution in [2.45, 2.75) is 25.4 Å². The van der Waals surface area contributed by atoms with Crippen molar-refractivity contribution in [2.75, 3.05) is 35.0 Å². The van der Waals surface area contributed by atoms with E-state index in [2.05, 4.69) is 9.88 Å². The van der Waals surface area contributed by atoms with E-state index in [1.54, 1.807) is 40.6 Å². The third-order valence-corrected chi connectivity index (χ3v) is 5.77. The van der Waals surface area contributed by atoms with Crippen LogP contribution in [0.3, 0.4) is 0 Å². The molecule has 1 aromatic heterocycles. The van der Waals surface area contributed by atoms with Crippen LogP contribution in [0.25, 0.3) is 10.9 Å². The number of likely N-dealkylation sites (tertiary alicyclic amines) is 1. The Kier molecular flexibility index (Phi) is 5.99. The van der Waals surface area contributed by atoms with Gasteiger partial charge in [-0.1, -0.05) is 0 Å². The summed E-state index contributed by atoms with van der Waals surface area (Å²) >= 11 is 0. The summed E-state index contributed by atoms with van der Waals surface area (Å²) in [7, 11) is 6.44.